The molecule has 0 spiro atoms. The van der Waals surface area contributed by atoms with E-state index in [4.69, 9.17) is 9.84 Å². The number of methoxy groups -OCH3 is 1. The summed E-state index contributed by atoms with van der Waals surface area (Å²) < 4.78 is 5.18. The largest absolute Gasteiger partial charge is 0.497 e. The first kappa shape index (κ1) is 14.6. The van der Waals surface area contributed by atoms with E-state index >= 15 is 0 Å². The Bertz CT molecular complexity index is 607. The molecule has 0 saturated heterocycles. The number of carboxylic acid groups (broad SMARTS) is 1. The van der Waals surface area contributed by atoms with Gasteiger partial charge in [0.2, 0.25) is 0 Å². The maximum absolute atomic E-state index is 10.9. The molecule has 5 heteroatoms. The first-order valence-corrected chi connectivity index (χ1v) is 7.08. The standard InChI is InChI=1S/C15H17NO3S/c1-10-6-13(15(17)18)20-14(10)9-16-8-11-4-3-5-12(7-11)19-2/h3-7,16H,8-9H2,1-2H3,(H,17,18). The van der Waals surface area contributed by atoms with Crippen LogP contribution < -0.4 is 10.1 Å². The van der Waals surface area contributed by atoms with Crippen molar-refractivity contribution in [1.82, 2.24) is 5.32 Å². The van der Waals surface area contributed by atoms with Crippen LogP contribution in [-0.4, -0.2) is 18.2 Å². The van der Waals surface area contributed by atoms with Gasteiger partial charge in [-0.25, -0.2) is 4.79 Å². The Hall–Kier alpha value is -1.85. The first-order chi connectivity index (χ1) is 9.60. The molecule has 0 radical (unpaired) electrons. The van der Waals surface area contributed by atoms with Crippen LogP contribution in [0.1, 0.15) is 25.7 Å². The van der Waals surface area contributed by atoms with Crippen LogP contribution in [0.4, 0.5) is 0 Å². The third kappa shape index (κ3) is 3.59. The van der Waals surface area contributed by atoms with Gasteiger partial charge in [0.1, 0.15) is 10.6 Å². The Kier molecular flexibility index (Phi) is 4.76. The van der Waals surface area contributed by atoms with Crippen LogP contribution in [0.3, 0.4) is 0 Å². The number of hydrogen-bond acceptors (Lipinski definition) is 4. The second-order valence-corrected chi connectivity index (χ2v) is 5.61. The molecule has 2 aromatic rings. The normalized spacial score (nSPS) is 10.5. The van der Waals surface area contributed by atoms with Crippen molar-refractivity contribution >= 4 is 17.3 Å². The highest BCUT2D eigenvalue weighted by atomic mass is 32.1. The van der Waals surface area contributed by atoms with Gasteiger partial charge in [-0.1, -0.05) is 12.1 Å². The fourth-order valence-electron chi connectivity index (χ4n) is 1.90. The zero-order chi connectivity index (χ0) is 14.5. The highest BCUT2D eigenvalue weighted by Gasteiger charge is 2.10. The average molecular weight is 291 g/mol. The zero-order valence-electron chi connectivity index (χ0n) is 11.5. The minimum absolute atomic E-state index is 0.390. The number of aryl methyl sites for hydroxylation is 1. The van der Waals surface area contributed by atoms with Crippen LogP contribution in [-0.2, 0) is 13.1 Å². The van der Waals surface area contributed by atoms with Gasteiger partial charge in [0.25, 0.3) is 0 Å². The molecule has 4 nitrogen and oxygen atoms in total. The van der Waals surface area contributed by atoms with Gasteiger partial charge in [-0.05, 0) is 36.2 Å². The maximum atomic E-state index is 10.9. The quantitative estimate of drug-likeness (QED) is 0.859. The lowest BCUT2D eigenvalue weighted by Gasteiger charge is -2.06. The molecular formula is C15H17NO3S. The summed E-state index contributed by atoms with van der Waals surface area (Å²) in [5, 5.41) is 12.3. The molecular weight excluding hydrogens is 274 g/mol. The summed E-state index contributed by atoms with van der Waals surface area (Å²) in [6.45, 7) is 3.32. The van der Waals surface area contributed by atoms with E-state index in [9.17, 15) is 4.79 Å². The molecule has 0 saturated carbocycles. The summed E-state index contributed by atoms with van der Waals surface area (Å²) in [5.74, 6) is -0.0260. The SMILES string of the molecule is COc1cccc(CNCc2sc(C(=O)O)cc2C)c1. The second-order valence-electron chi connectivity index (χ2n) is 4.48. The Morgan fingerprint density at radius 2 is 2.15 bits per heavy atom. The van der Waals surface area contributed by atoms with E-state index in [1.165, 1.54) is 11.3 Å². The Balaban J connectivity index is 1.94. The number of ether oxygens (including phenoxy) is 1. The average Bonchev–Trinajstić information content (AvgIpc) is 2.81. The van der Waals surface area contributed by atoms with Crippen LogP contribution in [0.2, 0.25) is 0 Å². The van der Waals surface area contributed by atoms with E-state index in [1.54, 1.807) is 13.2 Å². The second kappa shape index (κ2) is 6.54. The van der Waals surface area contributed by atoms with Crippen LogP contribution in [0.25, 0.3) is 0 Å². The zero-order valence-corrected chi connectivity index (χ0v) is 12.3. The van der Waals surface area contributed by atoms with Crippen molar-refractivity contribution in [3.8, 4) is 5.75 Å². The Morgan fingerprint density at radius 3 is 2.80 bits per heavy atom. The molecule has 0 aliphatic rings. The van der Waals surface area contributed by atoms with E-state index in [0.717, 1.165) is 28.3 Å². The van der Waals surface area contributed by atoms with Crippen molar-refractivity contribution < 1.29 is 14.6 Å². The number of benzene rings is 1. The highest BCUT2D eigenvalue weighted by molar-refractivity contribution is 7.14. The van der Waals surface area contributed by atoms with Gasteiger partial charge in [0.15, 0.2) is 0 Å². The lowest BCUT2D eigenvalue weighted by atomic mass is 10.2. The van der Waals surface area contributed by atoms with Gasteiger partial charge in [0.05, 0.1) is 7.11 Å². The summed E-state index contributed by atoms with van der Waals surface area (Å²) >= 11 is 1.32. The van der Waals surface area contributed by atoms with Crippen molar-refractivity contribution in [3.05, 3.63) is 51.2 Å². The molecule has 0 aliphatic carbocycles. The van der Waals surface area contributed by atoms with E-state index in [0.29, 0.717) is 11.4 Å². The van der Waals surface area contributed by atoms with E-state index in [1.807, 2.05) is 31.2 Å². The van der Waals surface area contributed by atoms with E-state index < -0.39 is 5.97 Å². The molecule has 2 N–H and O–H groups in total. The van der Waals surface area contributed by atoms with Crippen molar-refractivity contribution in [2.45, 2.75) is 20.0 Å². The van der Waals surface area contributed by atoms with Crippen molar-refractivity contribution in [2.24, 2.45) is 0 Å². The van der Waals surface area contributed by atoms with Gasteiger partial charge in [-0.15, -0.1) is 11.3 Å². The van der Waals surface area contributed by atoms with E-state index in [-0.39, 0.29) is 0 Å². The number of nitrogens with one attached hydrogen (secondary N) is 1. The molecule has 20 heavy (non-hydrogen) atoms. The minimum Gasteiger partial charge on any atom is -0.497 e. The third-order valence-electron chi connectivity index (χ3n) is 2.98. The fraction of sp³-hybridized carbons (Fsp3) is 0.267. The van der Waals surface area contributed by atoms with Crippen molar-refractivity contribution in [2.75, 3.05) is 7.11 Å². The number of thiophene rings is 1. The van der Waals surface area contributed by atoms with Gasteiger partial charge >= 0.3 is 5.97 Å². The lowest BCUT2D eigenvalue weighted by molar-refractivity contribution is 0.0702. The molecule has 0 aliphatic heterocycles. The van der Waals surface area contributed by atoms with E-state index in [2.05, 4.69) is 5.32 Å². The van der Waals surface area contributed by atoms with Crippen molar-refractivity contribution in [3.63, 3.8) is 0 Å². The molecule has 0 amide bonds. The number of carbonyl (C=O) groups is 1. The summed E-state index contributed by atoms with van der Waals surface area (Å²) in [6, 6.07) is 9.59. The summed E-state index contributed by atoms with van der Waals surface area (Å²) in [6.07, 6.45) is 0. The fourth-order valence-corrected chi connectivity index (χ4v) is 2.89. The van der Waals surface area contributed by atoms with Crippen LogP contribution >= 0.6 is 11.3 Å². The molecule has 2 rings (SSSR count). The van der Waals surface area contributed by atoms with Crippen LogP contribution in [0.5, 0.6) is 5.75 Å². The predicted octanol–water partition coefficient (Wildman–Crippen LogP) is 3.05. The predicted molar refractivity (Wildman–Crippen MR) is 79.6 cm³/mol. The lowest BCUT2D eigenvalue weighted by Crippen LogP contribution is -2.12. The monoisotopic (exact) mass is 291 g/mol. The number of aromatic carboxylic acids is 1. The van der Waals surface area contributed by atoms with Crippen LogP contribution in [0, 0.1) is 6.92 Å². The smallest absolute Gasteiger partial charge is 0.345 e. The molecule has 1 aromatic heterocycles. The third-order valence-corrected chi connectivity index (χ3v) is 4.21. The first-order valence-electron chi connectivity index (χ1n) is 6.26. The maximum Gasteiger partial charge on any atom is 0.345 e. The number of rotatable bonds is 6. The number of carboxylic acids is 1. The Morgan fingerprint density at radius 1 is 1.35 bits per heavy atom. The molecule has 1 heterocycles. The van der Waals surface area contributed by atoms with Gasteiger partial charge in [0, 0.05) is 18.0 Å². The molecule has 0 fully saturated rings. The van der Waals surface area contributed by atoms with Crippen molar-refractivity contribution in [1.29, 1.82) is 0 Å². The molecule has 106 valence electrons. The van der Waals surface area contributed by atoms with Gasteiger partial charge < -0.3 is 15.2 Å². The summed E-state index contributed by atoms with van der Waals surface area (Å²) in [4.78, 5) is 12.4. The molecule has 1 aromatic carbocycles. The molecule has 0 atom stereocenters. The number of hydrogen-bond donors (Lipinski definition) is 2. The van der Waals surface area contributed by atoms with Crippen LogP contribution in [0.15, 0.2) is 30.3 Å². The minimum atomic E-state index is -0.864. The Labute approximate surface area is 122 Å². The summed E-state index contributed by atoms with van der Waals surface area (Å²) in [7, 11) is 1.65. The summed E-state index contributed by atoms with van der Waals surface area (Å²) in [5.41, 5.74) is 2.16. The van der Waals surface area contributed by atoms with Gasteiger partial charge in [-0.2, -0.15) is 0 Å². The molecule has 0 unspecified atom stereocenters. The molecule has 0 bridgehead atoms. The topological polar surface area (TPSA) is 58.6 Å². The van der Waals surface area contributed by atoms with Gasteiger partial charge in [-0.3, -0.25) is 0 Å². The highest BCUT2D eigenvalue weighted by Crippen LogP contribution is 2.22.